The maximum Gasteiger partial charge on any atom is 0.289 e. The highest BCUT2D eigenvalue weighted by Crippen LogP contribution is 2.32. The first kappa shape index (κ1) is 15.4. The predicted molar refractivity (Wildman–Crippen MR) is 81.6 cm³/mol. The number of rotatable bonds is 6. The van der Waals surface area contributed by atoms with E-state index >= 15 is 0 Å². The van der Waals surface area contributed by atoms with Crippen LogP contribution in [0, 0.1) is 11.8 Å². The van der Waals surface area contributed by atoms with E-state index < -0.39 is 0 Å². The van der Waals surface area contributed by atoms with Gasteiger partial charge in [-0.1, -0.05) is 6.92 Å². The third-order valence-electron chi connectivity index (χ3n) is 4.68. The van der Waals surface area contributed by atoms with E-state index in [9.17, 15) is 4.79 Å². The second-order valence-corrected chi connectivity index (χ2v) is 6.28. The van der Waals surface area contributed by atoms with E-state index in [0.29, 0.717) is 30.8 Å². The van der Waals surface area contributed by atoms with Gasteiger partial charge in [0, 0.05) is 39.7 Å². The molecule has 7 nitrogen and oxygen atoms in total. The molecule has 7 heteroatoms. The van der Waals surface area contributed by atoms with Crippen LogP contribution in [0.4, 0.5) is 0 Å². The number of carbonyl (C=O) groups excluding carboxylic acids is 1. The Morgan fingerprint density at radius 1 is 1.32 bits per heavy atom. The fourth-order valence-electron chi connectivity index (χ4n) is 3.63. The number of aromatic nitrogens is 3. The first-order valence-corrected chi connectivity index (χ1v) is 8.14. The van der Waals surface area contributed by atoms with Gasteiger partial charge in [0.15, 0.2) is 0 Å². The van der Waals surface area contributed by atoms with E-state index in [0.717, 1.165) is 38.4 Å². The maximum atomic E-state index is 12.2. The lowest BCUT2D eigenvalue weighted by molar-refractivity contribution is 0.0918. The highest BCUT2D eigenvalue weighted by Gasteiger charge is 2.38. The molecule has 1 saturated heterocycles. The number of ether oxygens (including phenoxy) is 1. The lowest BCUT2D eigenvalue weighted by Gasteiger charge is -2.25. The Labute approximate surface area is 131 Å². The second kappa shape index (κ2) is 6.75. The van der Waals surface area contributed by atoms with Gasteiger partial charge >= 0.3 is 0 Å². The van der Waals surface area contributed by atoms with Crippen LogP contribution in [0.15, 0.2) is 0 Å². The van der Waals surface area contributed by atoms with Gasteiger partial charge in [0.05, 0.1) is 6.61 Å². The first-order valence-electron chi connectivity index (χ1n) is 8.14. The minimum Gasteiger partial charge on any atom is -0.383 e. The Hall–Kier alpha value is -1.47. The van der Waals surface area contributed by atoms with Gasteiger partial charge < -0.3 is 19.5 Å². The molecule has 1 aromatic rings. The van der Waals surface area contributed by atoms with Crippen molar-refractivity contribution >= 4 is 5.91 Å². The number of nitrogens with zero attached hydrogens (tertiary/aromatic N) is 4. The molecule has 0 bridgehead atoms. The molecule has 0 unspecified atom stereocenters. The monoisotopic (exact) mass is 307 g/mol. The Balaban J connectivity index is 1.67. The van der Waals surface area contributed by atoms with Gasteiger partial charge in [-0.2, -0.15) is 0 Å². The first-order chi connectivity index (χ1) is 10.7. The van der Waals surface area contributed by atoms with Gasteiger partial charge in [-0.15, -0.1) is 10.2 Å². The van der Waals surface area contributed by atoms with Crippen molar-refractivity contribution in [1.82, 2.24) is 25.0 Å². The van der Waals surface area contributed by atoms with Crippen LogP contribution in [0.3, 0.4) is 0 Å². The van der Waals surface area contributed by atoms with Crippen molar-refractivity contribution in [2.24, 2.45) is 11.8 Å². The zero-order chi connectivity index (χ0) is 15.5. The molecule has 0 aliphatic carbocycles. The van der Waals surface area contributed by atoms with Crippen LogP contribution in [0.25, 0.3) is 0 Å². The molecular weight excluding hydrogens is 282 g/mol. The average molecular weight is 307 g/mol. The van der Waals surface area contributed by atoms with Crippen molar-refractivity contribution in [3.05, 3.63) is 11.6 Å². The van der Waals surface area contributed by atoms with Gasteiger partial charge in [0.2, 0.25) is 5.82 Å². The van der Waals surface area contributed by atoms with E-state index in [1.54, 1.807) is 7.11 Å². The molecule has 1 fully saturated rings. The number of hydrogen-bond donors (Lipinski definition) is 1. The van der Waals surface area contributed by atoms with Crippen LogP contribution < -0.4 is 5.32 Å². The van der Waals surface area contributed by atoms with Crippen molar-refractivity contribution in [3.8, 4) is 0 Å². The fourth-order valence-corrected chi connectivity index (χ4v) is 3.63. The standard InChI is InChI=1S/C15H25N5O2/c1-3-5-19-8-11-7-13-17-18-14(15(21)16-4-6-22-2)20(13)10-12(11)9-19/h11-12H,3-10H2,1-2H3,(H,16,21)/t11-,12-/m1/s1. The number of fused-ring (bicyclic) bond motifs is 2. The SMILES string of the molecule is CCCN1C[C@H]2Cc3nnc(C(=O)NCCOC)n3C[C@H]2C1. The summed E-state index contributed by atoms with van der Waals surface area (Å²) in [7, 11) is 1.62. The molecule has 2 atom stereocenters. The number of likely N-dealkylation sites (tertiary alicyclic amines) is 1. The van der Waals surface area contributed by atoms with E-state index in [2.05, 4.69) is 27.3 Å². The molecule has 0 radical (unpaired) electrons. The molecule has 0 saturated carbocycles. The fraction of sp³-hybridized carbons (Fsp3) is 0.800. The van der Waals surface area contributed by atoms with Crippen molar-refractivity contribution in [1.29, 1.82) is 0 Å². The minimum atomic E-state index is -0.155. The molecule has 3 heterocycles. The molecule has 122 valence electrons. The largest absolute Gasteiger partial charge is 0.383 e. The third-order valence-corrected chi connectivity index (χ3v) is 4.68. The van der Waals surface area contributed by atoms with Crippen molar-refractivity contribution in [3.63, 3.8) is 0 Å². The molecule has 1 aromatic heterocycles. The Kier molecular flexibility index (Phi) is 4.73. The lowest BCUT2D eigenvalue weighted by atomic mass is 9.89. The summed E-state index contributed by atoms with van der Waals surface area (Å²) in [5, 5.41) is 11.2. The number of nitrogens with one attached hydrogen (secondary N) is 1. The number of amides is 1. The topological polar surface area (TPSA) is 72.3 Å². The van der Waals surface area contributed by atoms with E-state index in [-0.39, 0.29) is 5.91 Å². The highest BCUT2D eigenvalue weighted by molar-refractivity contribution is 5.90. The molecular formula is C15H25N5O2. The zero-order valence-corrected chi connectivity index (χ0v) is 13.4. The number of hydrogen-bond acceptors (Lipinski definition) is 5. The molecule has 2 aliphatic rings. The molecule has 0 aromatic carbocycles. The molecule has 3 rings (SSSR count). The van der Waals surface area contributed by atoms with Gasteiger partial charge in [-0.25, -0.2) is 0 Å². The van der Waals surface area contributed by atoms with Gasteiger partial charge in [0.25, 0.3) is 5.91 Å². The predicted octanol–water partition coefficient (Wildman–Crippen LogP) is 0.168. The normalized spacial score (nSPS) is 24.1. The molecule has 0 spiro atoms. The second-order valence-electron chi connectivity index (χ2n) is 6.28. The lowest BCUT2D eigenvalue weighted by Crippen LogP contribution is -2.34. The van der Waals surface area contributed by atoms with E-state index in [4.69, 9.17) is 4.74 Å². The van der Waals surface area contributed by atoms with E-state index in [1.165, 1.54) is 6.42 Å². The van der Waals surface area contributed by atoms with Crippen molar-refractivity contribution in [2.75, 3.05) is 39.9 Å². The minimum absolute atomic E-state index is 0.155. The average Bonchev–Trinajstić information content (AvgIpc) is 3.07. The number of methoxy groups -OCH3 is 1. The van der Waals surface area contributed by atoms with Gasteiger partial charge in [-0.05, 0) is 24.8 Å². The summed E-state index contributed by atoms with van der Waals surface area (Å²) in [5.41, 5.74) is 0. The van der Waals surface area contributed by atoms with Crippen molar-refractivity contribution < 1.29 is 9.53 Å². The molecule has 22 heavy (non-hydrogen) atoms. The zero-order valence-electron chi connectivity index (χ0n) is 13.4. The summed E-state index contributed by atoms with van der Waals surface area (Å²) < 4.78 is 6.96. The Bertz CT molecular complexity index is 530. The van der Waals surface area contributed by atoms with Gasteiger partial charge in [-0.3, -0.25) is 4.79 Å². The summed E-state index contributed by atoms with van der Waals surface area (Å²) in [4.78, 5) is 14.7. The third kappa shape index (κ3) is 3.01. The Morgan fingerprint density at radius 2 is 2.14 bits per heavy atom. The van der Waals surface area contributed by atoms with Crippen LogP contribution in [0.1, 0.15) is 29.8 Å². The quantitative estimate of drug-likeness (QED) is 0.759. The highest BCUT2D eigenvalue weighted by atomic mass is 16.5. The summed E-state index contributed by atoms with van der Waals surface area (Å²) >= 11 is 0. The number of carbonyl (C=O) groups is 1. The van der Waals surface area contributed by atoms with Crippen LogP contribution in [-0.2, 0) is 17.7 Å². The summed E-state index contributed by atoms with van der Waals surface area (Å²) in [6.07, 6.45) is 2.13. The smallest absolute Gasteiger partial charge is 0.289 e. The summed E-state index contributed by atoms with van der Waals surface area (Å²) in [6.45, 7) is 7.52. The summed E-state index contributed by atoms with van der Waals surface area (Å²) in [6, 6.07) is 0. The molecule has 1 amide bonds. The molecule has 2 aliphatic heterocycles. The van der Waals surface area contributed by atoms with Crippen molar-refractivity contribution in [2.45, 2.75) is 26.3 Å². The van der Waals surface area contributed by atoms with Gasteiger partial charge in [0.1, 0.15) is 5.82 Å². The van der Waals surface area contributed by atoms with Crippen LogP contribution in [0.2, 0.25) is 0 Å². The molecule has 1 N–H and O–H groups in total. The maximum absolute atomic E-state index is 12.2. The Morgan fingerprint density at radius 3 is 2.91 bits per heavy atom. The van der Waals surface area contributed by atoms with Crippen LogP contribution >= 0.6 is 0 Å². The van der Waals surface area contributed by atoms with E-state index in [1.807, 2.05) is 4.57 Å². The van der Waals surface area contributed by atoms with Crippen LogP contribution in [-0.4, -0.2) is 65.5 Å². The summed E-state index contributed by atoms with van der Waals surface area (Å²) in [5.74, 6) is 2.51. The van der Waals surface area contributed by atoms with Crippen LogP contribution in [0.5, 0.6) is 0 Å².